The lowest BCUT2D eigenvalue weighted by atomic mass is 10.0. The highest BCUT2D eigenvalue weighted by Gasteiger charge is 2.29. The van der Waals surface area contributed by atoms with Crippen molar-refractivity contribution in [2.24, 2.45) is 0 Å². The van der Waals surface area contributed by atoms with E-state index in [1.54, 1.807) is 13.0 Å². The highest BCUT2D eigenvalue weighted by atomic mass is 32.1. The van der Waals surface area contributed by atoms with E-state index in [0.29, 0.717) is 48.6 Å². The highest BCUT2D eigenvalue weighted by Crippen LogP contribution is 2.36. The molecule has 0 amide bonds. The molecule has 7 heteroatoms. The average Bonchev–Trinajstić information content (AvgIpc) is 3.15. The van der Waals surface area contributed by atoms with Crippen LogP contribution in [0.3, 0.4) is 0 Å². The Hall–Kier alpha value is -1.60. The Bertz CT molecular complexity index is 755. The van der Waals surface area contributed by atoms with Crippen molar-refractivity contribution in [2.75, 3.05) is 19.6 Å². The first-order valence-electron chi connectivity index (χ1n) is 8.41. The molecule has 0 N–H and O–H groups in total. The molecule has 25 heavy (non-hydrogen) atoms. The lowest BCUT2D eigenvalue weighted by Gasteiger charge is -2.27. The van der Waals surface area contributed by atoms with Crippen molar-refractivity contribution in [2.45, 2.75) is 45.5 Å². The predicted molar refractivity (Wildman–Crippen MR) is 93.6 cm³/mol. The zero-order valence-electron chi connectivity index (χ0n) is 14.6. The van der Waals surface area contributed by atoms with Gasteiger partial charge < -0.3 is 4.52 Å². The van der Waals surface area contributed by atoms with Crippen LogP contribution < -0.4 is 0 Å². The molecule has 0 aromatic carbocycles. The van der Waals surface area contributed by atoms with Gasteiger partial charge in [-0.1, -0.05) is 5.16 Å². The third kappa shape index (κ3) is 3.98. The number of aromatic nitrogens is 1. The summed E-state index contributed by atoms with van der Waals surface area (Å²) in [4.78, 5) is 15.9. The number of rotatable bonds is 5. The number of alkyl halides is 2. The Balaban J connectivity index is 1.72. The summed E-state index contributed by atoms with van der Waals surface area (Å²) in [5.41, 5.74) is -0.380. The molecule has 1 saturated heterocycles. The quantitative estimate of drug-likeness (QED) is 0.727. The number of piperidine rings is 1. The van der Waals surface area contributed by atoms with Crippen LogP contribution in [0.4, 0.5) is 8.78 Å². The third-order valence-electron chi connectivity index (χ3n) is 4.46. The molecule has 0 radical (unpaired) electrons. The molecule has 0 atom stereocenters. The molecular weight excluding hydrogens is 346 g/mol. The number of halogens is 2. The molecule has 3 heterocycles. The van der Waals surface area contributed by atoms with E-state index in [1.165, 1.54) is 25.2 Å². The smallest absolute Gasteiger partial charge is 0.186 e. The Morgan fingerprint density at radius 1 is 1.40 bits per heavy atom. The first kappa shape index (κ1) is 18.2. The molecular formula is C18H22F2N2O2S. The van der Waals surface area contributed by atoms with Crippen LogP contribution in [0.5, 0.6) is 0 Å². The minimum absolute atomic E-state index is 0.0146. The molecule has 1 aliphatic heterocycles. The second kappa shape index (κ2) is 6.96. The van der Waals surface area contributed by atoms with Crippen molar-refractivity contribution in [3.63, 3.8) is 0 Å². The van der Waals surface area contributed by atoms with Crippen LogP contribution in [-0.2, 0) is 5.67 Å². The summed E-state index contributed by atoms with van der Waals surface area (Å²) in [6.07, 6.45) is 0.231. The number of hydrogen-bond donors (Lipinski definition) is 0. The van der Waals surface area contributed by atoms with E-state index >= 15 is 0 Å². The van der Waals surface area contributed by atoms with E-state index in [-0.39, 0.29) is 11.5 Å². The van der Waals surface area contributed by atoms with Crippen LogP contribution >= 0.6 is 11.3 Å². The number of hydrogen-bond acceptors (Lipinski definition) is 5. The summed E-state index contributed by atoms with van der Waals surface area (Å²) >= 11 is 1.33. The zero-order valence-corrected chi connectivity index (χ0v) is 15.5. The zero-order chi connectivity index (χ0) is 18.2. The van der Waals surface area contributed by atoms with Gasteiger partial charge in [0.05, 0.1) is 16.3 Å². The van der Waals surface area contributed by atoms with Crippen molar-refractivity contribution in [1.29, 1.82) is 0 Å². The van der Waals surface area contributed by atoms with Crippen LogP contribution in [0, 0.1) is 6.92 Å². The van der Waals surface area contributed by atoms with Gasteiger partial charge in [-0.2, -0.15) is 0 Å². The molecule has 0 spiro atoms. The maximum absolute atomic E-state index is 14.1. The normalized spacial score (nSPS) is 17.2. The molecule has 2 aromatic heterocycles. The Labute approximate surface area is 149 Å². The molecule has 2 aromatic rings. The Kier molecular flexibility index (Phi) is 5.06. The summed E-state index contributed by atoms with van der Waals surface area (Å²) in [5.74, 6) is 0.221. The first-order valence-corrected chi connectivity index (χ1v) is 9.23. The van der Waals surface area contributed by atoms with E-state index in [0.717, 1.165) is 4.88 Å². The number of thiophene rings is 1. The highest BCUT2D eigenvalue weighted by molar-refractivity contribution is 7.17. The van der Waals surface area contributed by atoms with Gasteiger partial charge in [-0.25, -0.2) is 8.78 Å². The molecule has 0 aliphatic carbocycles. The van der Waals surface area contributed by atoms with Gasteiger partial charge in [0.15, 0.2) is 17.2 Å². The number of nitrogens with zero attached hydrogens (tertiary/aromatic N) is 2. The van der Waals surface area contributed by atoms with Gasteiger partial charge in [-0.05, 0) is 45.7 Å². The van der Waals surface area contributed by atoms with Crippen molar-refractivity contribution < 1.29 is 18.1 Å². The SMILES string of the molecule is Cc1c(-c2ccc(C(=O)CN3CCC(F)CC3)s2)noc1C(C)(C)F. The van der Waals surface area contributed by atoms with Crippen molar-refractivity contribution >= 4 is 17.1 Å². The molecule has 0 unspecified atom stereocenters. The van der Waals surface area contributed by atoms with Crippen LogP contribution in [0.1, 0.15) is 47.7 Å². The lowest BCUT2D eigenvalue weighted by molar-refractivity contribution is 0.0879. The second-order valence-electron chi connectivity index (χ2n) is 7.00. The maximum Gasteiger partial charge on any atom is 0.186 e. The molecule has 3 rings (SSSR count). The van der Waals surface area contributed by atoms with Crippen LogP contribution in [0.15, 0.2) is 16.7 Å². The fourth-order valence-electron chi connectivity index (χ4n) is 3.08. The number of Topliss-reactive ketones (excluding diaryl/α,β-unsaturated/α-hetero) is 1. The molecule has 0 bridgehead atoms. The molecule has 1 fully saturated rings. The summed E-state index contributed by atoms with van der Waals surface area (Å²) in [6.45, 7) is 6.14. The van der Waals surface area contributed by atoms with E-state index < -0.39 is 11.8 Å². The number of carbonyl (C=O) groups is 1. The van der Waals surface area contributed by atoms with Gasteiger partial charge in [0.25, 0.3) is 0 Å². The second-order valence-corrected chi connectivity index (χ2v) is 8.08. The maximum atomic E-state index is 14.1. The Morgan fingerprint density at radius 3 is 2.68 bits per heavy atom. The number of likely N-dealkylation sites (tertiary alicyclic amines) is 1. The van der Waals surface area contributed by atoms with Gasteiger partial charge >= 0.3 is 0 Å². The van der Waals surface area contributed by atoms with Gasteiger partial charge in [0.1, 0.15) is 11.9 Å². The third-order valence-corrected chi connectivity index (χ3v) is 5.60. The van der Waals surface area contributed by atoms with E-state index in [1.807, 2.05) is 11.0 Å². The topological polar surface area (TPSA) is 46.3 Å². The molecule has 1 aliphatic rings. The van der Waals surface area contributed by atoms with Gasteiger partial charge in [-0.3, -0.25) is 9.69 Å². The fraction of sp³-hybridized carbons (Fsp3) is 0.556. The van der Waals surface area contributed by atoms with Gasteiger partial charge in [0.2, 0.25) is 0 Å². The molecule has 136 valence electrons. The summed E-state index contributed by atoms with van der Waals surface area (Å²) in [7, 11) is 0. The number of carbonyl (C=O) groups excluding carboxylic acids is 1. The van der Waals surface area contributed by atoms with Crippen molar-refractivity contribution in [3.05, 3.63) is 28.3 Å². The molecule has 0 saturated carbocycles. The summed E-state index contributed by atoms with van der Waals surface area (Å²) in [5, 5.41) is 3.98. The largest absolute Gasteiger partial charge is 0.357 e. The van der Waals surface area contributed by atoms with E-state index in [9.17, 15) is 13.6 Å². The standard InChI is InChI=1S/C18H22F2N2O2S/c1-11-16(21-24-17(11)18(2,3)20)15-5-4-14(25-15)13(23)10-22-8-6-12(19)7-9-22/h4-5,12H,6-10H2,1-3H3. The lowest BCUT2D eigenvalue weighted by Crippen LogP contribution is -2.37. The van der Waals surface area contributed by atoms with Gasteiger partial charge in [0, 0.05) is 18.7 Å². The molecule has 4 nitrogen and oxygen atoms in total. The van der Waals surface area contributed by atoms with E-state index in [2.05, 4.69) is 5.16 Å². The monoisotopic (exact) mass is 368 g/mol. The van der Waals surface area contributed by atoms with Crippen LogP contribution in [0.25, 0.3) is 10.6 Å². The van der Waals surface area contributed by atoms with Crippen molar-refractivity contribution in [1.82, 2.24) is 10.1 Å². The summed E-state index contributed by atoms with van der Waals surface area (Å²) in [6, 6.07) is 3.57. The number of ketones is 1. The van der Waals surface area contributed by atoms with Crippen LogP contribution in [0.2, 0.25) is 0 Å². The first-order chi connectivity index (χ1) is 11.8. The predicted octanol–water partition coefficient (Wildman–Crippen LogP) is 4.53. The van der Waals surface area contributed by atoms with Crippen LogP contribution in [-0.4, -0.2) is 41.6 Å². The van der Waals surface area contributed by atoms with Crippen molar-refractivity contribution in [3.8, 4) is 10.6 Å². The fourth-order valence-corrected chi connectivity index (χ4v) is 4.05. The average molecular weight is 368 g/mol. The van der Waals surface area contributed by atoms with E-state index in [4.69, 9.17) is 4.52 Å². The minimum atomic E-state index is -1.60. The minimum Gasteiger partial charge on any atom is -0.357 e. The van der Waals surface area contributed by atoms with Gasteiger partial charge in [-0.15, -0.1) is 11.3 Å². The Morgan fingerprint density at radius 2 is 2.08 bits per heavy atom. The summed E-state index contributed by atoms with van der Waals surface area (Å²) < 4.78 is 32.5.